The summed E-state index contributed by atoms with van der Waals surface area (Å²) in [7, 11) is 0. The van der Waals surface area contributed by atoms with E-state index in [0.717, 1.165) is 17.7 Å². The lowest BCUT2D eigenvalue weighted by atomic mass is 9.97. The van der Waals surface area contributed by atoms with Gasteiger partial charge in [0.2, 0.25) is 0 Å². The summed E-state index contributed by atoms with van der Waals surface area (Å²) in [6.45, 7) is 1.76. The van der Waals surface area contributed by atoms with Crippen molar-refractivity contribution in [3.63, 3.8) is 0 Å². The predicted octanol–water partition coefficient (Wildman–Crippen LogP) is 4.66. The van der Waals surface area contributed by atoms with E-state index in [1.165, 1.54) is 0 Å². The summed E-state index contributed by atoms with van der Waals surface area (Å²) >= 11 is 11.7. The van der Waals surface area contributed by atoms with E-state index in [1.807, 2.05) is 0 Å². The summed E-state index contributed by atoms with van der Waals surface area (Å²) in [4.78, 5) is 0. The smallest absolute Gasteiger partial charge is 0.160 e. The maximum absolute atomic E-state index is 13.2. The number of hydrogen-bond donors (Lipinski definition) is 1. The van der Waals surface area contributed by atoms with E-state index in [0.29, 0.717) is 10.6 Å². The van der Waals surface area contributed by atoms with E-state index in [4.69, 9.17) is 23.2 Å². The highest BCUT2D eigenvalue weighted by Gasteiger charge is 2.18. The molecular weight excluding hydrogens is 293 g/mol. The number of aryl methyl sites for hydroxylation is 1. The van der Waals surface area contributed by atoms with Gasteiger partial charge in [0.1, 0.15) is 6.10 Å². The summed E-state index contributed by atoms with van der Waals surface area (Å²) < 4.78 is 26.2. The molecule has 5 heteroatoms. The van der Waals surface area contributed by atoms with Crippen LogP contribution >= 0.6 is 23.2 Å². The monoisotopic (exact) mass is 302 g/mol. The predicted molar refractivity (Wildman–Crippen MR) is 71.6 cm³/mol. The summed E-state index contributed by atoms with van der Waals surface area (Å²) in [5, 5.41) is 10.7. The Hall–Kier alpha value is -1.16. The maximum atomic E-state index is 13.2. The van der Waals surface area contributed by atoms with Gasteiger partial charge in [-0.05, 0) is 42.3 Å². The molecule has 2 rings (SSSR count). The van der Waals surface area contributed by atoms with E-state index in [1.54, 1.807) is 25.1 Å². The zero-order valence-electron chi connectivity index (χ0n) is 9.92. The Morgan fingerprint density at radius 1 is 1.00 bits per heavy atom. The maximum Gasteiger partial charge on any atom is 0.160 e. The second-order valence-electron chi connectivity index (χ2n) is 4.19. The van der Waals surface area contributed by atoms with Crippen molar-refractivity contribution in [1.82, 2.24) is 0 Å². The first-order valence-electron chi connectivity index (χ1n) is 5.48. The Morgan fingerprint density at radius 2 is 1.63 bits per heavy atom. The normalized spacial score (nSPS) is 12.5. The zero-order valence-corrected chi connectivity index (χ0v) is 11.4. The molecule has 0 aliphatic carbocycles. The highest BCUT2D eigenvalue weighted by atomic mass is 35.5. The van der Waals surface area contributed by atoms with Crippen LogP contribution in [0.25, 0.3) is 0 Å². The van der Waals surface area contributed by atoms with Crippen LogP contribution in [0.2, 0.25) is 10.0 Å². The van der Waals surface area contributed by atoms with Crippen molar-refractivity contribution in [1.29, 1.82) is 0 Å². The van der Waals surface area contributed by atoms with Crippen molar-refractivity contribution in [3.8, 4) is 0 Å². The molecule has 0 spiro atoms. The van der Waals surface area contributed by atoms with Gasteiger partial charge in [-0.15, -0.1) is 0 Å². The van der Waals surface area contributed by atoms with Crippen LogP contribution in [0.1, 0.15) is 22.8 Å². The van der Waals surface area contributed by atoms with Gasteiger partial charge < -0.3 is 5.11 Å². The van der Waals surface area contributed by atoms with E-state index in [2.05, 4.69) is 0 Å². The number of benzene rings is 2. The van der Waals surface area contributed by atoms with Crippen molar-refractivity contribution in [2.45, 2.75) is 13.0 Å². The van der Waals surface area contributed by atoms with Gasteiger partial charge in [0, 0.05) is 15.6 Å². The first-order chi connectivity index (χ1) is 8.90. The molecule has 1 unspecified atom stereocenters. The third-order valence-corrected chi connectivity index (χ3v) is 3.42. The lowest BCUT2D eigenvalue weighted by Gasteiger charge is -2.16. The Kier molecular flexibility index (Phi) is 4.09. The fraction of sp³-hybridized carbons (Fsp3) is 0.143. The molecule has 0 saturated heterocycles. The molecule has 0 fully saturated rings. The Labute approximate surface area is 119 Å². The molecule has 0 aromatic heterocycles. The van der Waals surface area contributed by atoms with Gasteiger partial charge in [-0.1, -0.05) is 29.3 Å². The van der Waals surface area contributed by atoms with Crippen molar-refractivity contribution in [2.24, 2.45) is 0 Å². The molecule has 0 saturated carbocycles. The molecule has 1 atom stereocenters. The molecule has 1 N–H and O–H groups in total. The fourth-order valence-corrected chi connectivity index (χ4v) is 2.34. The Morgan fingerprint density at radius 3 is 2.26 bits per heavy atom. The van der Waals surface area contributed by atoms with Crippen molar-refractivity contribution < 1.29 is 13.9 Å². The summed E-state index contributed by atoms with van der Waals surface area (Å²) in [5.74, 6) is -2.10. The summed E-state index contributed by atoms with van der Waals surface area (Å²) in [6, 6.07) is 6.66. The Balaban J connectivity index is 2.49. The van der Waals surface area contributed by atoms with Crippen molar-refractivity contribution in [3.05, 3.63) is 68.7 Å². The summed E-state index contributed by atoms with van der Waals surface area (Å²) in [6.07, 6.45) is -1.14. The topological polar surface area (TPSA) is 20.2 Å². The van der Waals surface area contributed by atoms with E-state index in [-0.39, 0.29) is 10.6 Å². The molecule has 100 valence electrons. The second kappa shape index (κ2) is 5.45. The minimum atomic E-state index is -1.14. The summed E-state index contributed by atoms with van der Waals surface area (Å²) in [5.41, 5.74) is 1.39. The van der Waals surface area contributed by atoms with Gasteiger partial charge in [-0.2, -0.15) is 0 Å². The first kappa shape index (κ1) is 14.3. The van der Waals surface area contributed by atoms with Crippen LogP contribution in [-0.4, -0.2) is 5.11 Å². The molecule has 0 amide bonds. The number of aliphatic hydroxyl groups excluding tert-OH is 1. The van der Waals surface area contributed by atoms with E-state index >= 15 is 0 Å². The number of rotatable bonds is 2. The third kappa shape index (κ3) is 2.89. The molecule has 19 heavy (non-hydrogen) atoms. The molecule has 0 heterocycles. The van der Waals surface area contributed by atoms with E-state index in [9.17, 15) is 13.9 Å². The standard InChI is InChI=1S/C14H10Cl2F2O/c1-7-4-8(15)2-3-9(7)14(19)10-5-12(17)13(18)6-11(10)16/h2-6,14,19H,1H3. The minimum Gasteiger partial charge on any atom is -0.384 e. The van der Waals surface area contributed by atoms with Gasteiger partial charge in [0.15, 0.2) is 11.6 Å². The van der Waals surface area contributed by atoms with Gasteiger partial charge in [-0.3, -0.25) is 0 Å². The largest absolute Gasteiger partial charge is 0.384 e. The number of aliphatic hydroxyl groups is 1. The quantitative estimate of drug-likeness (QED) is 0.800. The molecule has 0 aliphatic heterocycles. The second-order valence-corrected chi connectivity index (χ2v) is 5.03. The van der Waals surface area contributed by atoms with Gasteiger partial charge in [-0.25, -0.2) is 8.78 Å². The lowest BCUT2D eigenvalue weighted by Crippen LogP contribution is -2.04. The van der Waals surface area contributed by atoms with Crippen LogP contribution in [0.3, 0.4) is 0 Å². The van der Waals surface area contributed by atoms with Crippen LogP contribution in [-0.2, 0) is 0 Å². The molecule has 0 radical (unpaired) electrons. The molecule has 2 aromatic rings. The highest BCUT2D eigenvalue weighted by Crippen LogP contribution is 2.32. The molecular formula is C14H10Cl2F2O. The third-order valence-electron chi connectivity index (χ3n) is 2.86. The highest BCUT2D eigenvalue weighted by molar-refractivity contribution is 6.31. The SMILES string of the molecule is Cc1cc(Cl)ccc1C(O)c1cc(F)c(F)cc1Cl. The average molecular weight is 303 g/mol. The molecule has 0 aliphatic rings. The van der Waals surface area contributed by atoms with Crippen molar-refractivity contribution >= 4 is 23.2 Å². The van der Waals surface area contributed by atoms with Crippen LogP contribution in [0.5, 0.6) is 0 Å². The van der Waals surface area contributed by atoms with Crippen molar-refractivity contribution in [2.75, 3.05) is 0 Å². The number of halogens is 4. The van der Waals surface area contributed by atoms with E-state index < -0.39 is 17.7 Å². The molecule has 1 nitrogen and oxygen atoms in total. The number of hydrogen-bond acceptors (Lipinski definition) is 1. The minimum absolute atomic E-state index is 0.0271. The van der Waals surface area contributed by atoms with Crippen LogP contribution in [0.4, 0.5) is 8.78 Å². The lowest BCUT2D eigenvalue weighted by molar-refractivity contribution is 0.219. The van der Waals surface area contributed by atoms with Crippen LogP contribution in [0, 0.1) is 18.6 Å². The zero-order chi connectivity index (χ0) is 14.2. The van der Waals surface area contributed by atoms with Gasteiger partial charge in [0.25, 0.3) is 0 Å². The Bertz CT molecular complexity index is 629. The van der Waals surface area contributed by atoms with Crippen LogP contribution in [0.15, 0.2) is 30.3 Å². The van der Waals surface area contributed by atoms with Gasteiger partial charge >= 0.3 is 0 Å². The first-order valence-corrected chi connectivity index (χ1v) is 6.24. The van der Waals surface area contributed by atoms with Crippen LogP contribution < -0.4 is 0 Å². The molecule has 0 bridgehead atoms. The van der Waals surface area contributed by atoms with Gasteiger partial charge in [0.05, 0.1) is 0 Å². The average Bonchev–Trinajstić information content (AvgIpc) is 2.33. The molecule has 2 aromatic carbocycles. The fourth-order valence-electron chi connectivity index (χ4n) is 1.86.